The zero-order chi connectivity index (χ0) is 20.4. The van der Waals surface area contributed by atoms with Crippen molar-refractivity contribution >= 4 is 10.1 Å². The van der Waals surface area contributed by atoms with Gasteiger partial charge in [-0.3, -0.25) is 4.55 Å². The molecule has 0 aliphatic carbocycles. The van der Waals surface area contributed by atoms with Crippen LogP contribution in [-0.2, 0) is 10.1 Å². The molecular weight excluding hydrogens is 360 g/mol. The van der Waals surface area contributed by atoms with Crippen LogP contribution in [0, 0.1) is 0 Å². The van der Waals surface area contributed by atoms with Crippen molar-refractivity contribution < 1.29 is 18.1 Å². The highest BCUT2D eigenvalue weighted by atomic mass is 32.2. The van der Waals surface area contributed by atoms with Crippen molar-refractivity contribution in [3.63, 3.8) is 0 Å². The largest absolute Gasteiger partial charge is 0.393 e. The van der Waals surface area contributed by atoms with Crippen molar-refractivity contribution in [2.75, 3.05) is 0 Å². The van der Waals surface area contributed by atoms with Crippen molar-refractivity contribution in [3.8, 4) is 0 Å². The summed E-state index contributed by atoms with van der Waals surface area (Å²) in [6.07, 6.45) is 18.3. The van der Waals surface area contributed by atoms with Crippen molar-refractivity contribution in [1.29, 1.82) is 0 Å². The zero-order valence-electron chi connectivity index (χ0n) is 18.0. The maximum Gasteiger partial charge on any atom is 0.267 e. The van der Waals surface area contributed by atoms with E-state index in [1.54, 1.807) is 0 Å². The molecule has 0 rings (SSSR count). The van der Waals surface area contributed by atoms with Crippen molar-refractivity contribution in [2.24, 2.45) is 0 Å². The molecule has 0 aromatic carbocycles. The Morgan fingerprint density at radius 1 is 0.593 bits per heavy atom. The fourth-order valence-corrected chi connectivity index (χ4v) is 4.58. The van der Waals surface area contributed by atoms with E-state index < -0.39 is 15.4 Å². The SMILES string of the molecule is CCCCCCCCC(O)CCCCCCC(CCCCCC)S(=O)(=O)O. The molecule has 0 spiro atoms. The van der Waals surface area contributed by atoms with Gasteiger partial charge in [-0.1, -0.05) is 104 Å². The molecular formula is C22H46O4S. The number of aliphatic hydroxyl groups is 1. The quantitative estimate of drug-likeness (QED) is 0.175. The Kier molecular flexibility index (Phi) is 17.8. The minimum atomic E-state index is -3.92. The van der Waals surface area contributed by atoms with E-state index in [0.717, 1.165) is 70.6 Å². The summed E-state index contributed by atoms with van der Waals surface area (Å²) in [5.74, 6) is 0. The first-order valence-electron chi connectivity index (χ1n) is 11.6. The van der Waals surface area contributed by atoms with Gasteiger partial charge >= 0.3 is 0 Å². The summed E-state index contributed by atoms with van der Waals surface area (Å²) < 4.78 is 32.4. The van der Waals surface area contributed by atoms with Crippen LogP contribution in [0.25, 0.3) is 0 Å². The summed E-state index contributed by atoms with van der Waals surface area (Å²) in [5, 5.41) is 9.44. The first-order chi connectivity index (χ1) is 12.9. The molecule has 0 saturated heterocycles. The summed E-state index contributed by atoms with van der Waals surface area (Å²) in [7, 11) is -3.92. The van der Waals surface area contributed by atoms with Crippen LogP contribution in [0.1, 0.15) is 129 Å². The van der Waals surface area contributed by atoms with Crippen LogP contribution in [0.3, 0.4) is 0 Å². The van der Waals surface area contributed by atoms with E-state index >= 15 is 0 Å². The van der Waals surface area contributed by atoms with Crippen molar-refractivity contribution in [2.45, 2.75) is 141 Å². The standard InChI is InChI=1S/C22H46O4S/c1-3-5-7-9-10-13-17-21(23)18-14-11-12-16-20-22(27(24,25)26)19-15-8-6-4-2/h21-23H,3-20H2,1-2H3,(H,24,25,26). The van der Waals surface area contributed by atoms with E-state index in [0.29, 0.717) is 12.8 Å². The Bertz CT molecular complexity index is 409. The lowest BCUT2D eigenvalue weighted by molar-refractivity contribution is 0.147. The lowest BCUT2D eigenvalue weighted by Gasteiger charge is -2.14. The molecule has 2 N–H and O–H groups in total. The minimum absolute atomic E-state index is 0.180. The molecule has 2 unspecified atom stereocenters. The van der Waals surface area contributed by atoms with Gasteiger partial charge in [-0.2, -0.15) is 8.42 Å². The Morgan fingerprint density at radius 3 is 1.33 bits per heavy atom. The molecule has 0 fully saturated rings. The van der Waals surface area contributed by atoms with Crippen LogP contribution in [-0.4, -0.2) is 29.4 Å². The average Bonchev–Trinajstić information content (AvgIpc) is 2.61. The number of rotatable bonds is 20. The maximum absolute atomic E-state index is 11.5. The predicted octanol–water partition coefficient (Wildman–Crippen LogP) is 6.67. The van der Waals surface area contributed by atoms with Crippen LogP contribution >= 0.6 is 0 Å². The third-order valence-electron chi connectivity index (χ3n) is 5.51. The predicted molar refractivity (Wildman–Crippen MR) is 116 cm³/mol. The number of hydrogen-bond acceptors (Lipinski definition) is 3. The molecule has 0 aromatic rings. The molecule has 0 bridgehead atoms. The van der Waals surface area contributed by atoms with Crippen LogP contribution in [0.5, 0.6) is 0 Å². The number of hydrogen-bond donors (Lipinski definition) is 2. The molecule has 0 radical (unpaired) electrons. The normalized spacial score (nSPS) is 14.4. The van der Waals surface area contributed by atoms with Gasteiger partial charge in [-0.05, 0) is 25.7 Å². The average molecular weight is 407 g/mol. The Morgan fingerprint density at radius 2 is 0.926 bits per heavy atom. The molecule has 0 aliphatic rings. The van der Waals surface area contributed by atoms with Gasteiger partial charge in [-0.15, -0.1) is 0 Å². The van der Waals surface area contributed by atoms with Gasteiger partial charge in [-0.25, -0.2) is 0 Å². The van der Waals surface area contributed by atoms with Gasteiger partial charge in [0.25, 0.3) is 10.1 Å². The van der Waals surface area contributed by atoms with E-state index in [1.165, 1.54) is 32.1 Å². The highest BCUT2D eigenvalue weighted by molar-refractivity contribution is 7.86. The van der Waals surface area contributed by atoms with E-state index in [4.69, 9.17) is 0 Å². The van der Waals surface area contributed by atoms with Gasteiger partial charge in [0.15, 0.2) is 0 Å². The maximum atomic E-state index is 11.5. The van der Waals surface area contributed by atoms with Crippen LogP contribution in [0.4, 0.5) is 0 Å². The molecule has 5 heteroatoms. The molecule has 0 aromatic heterocycles. The van der Waals surface area contributed by atoms with Gasteiger partial charge < -0.3 is 5.11 Å². The molecule has 4 nitrogen and oxygen atoms in total. The summed E-state index contributed by atoms with van der Waals surface area (Å²) >= 11 is 0. The van der Waals surface area contributed by atoms with Gasteiger partial charge in [0, 0.05) is 0 Å². The van der Waals surface area contributed by atoms with E-state index in [-0.39, 0.29) is 6.10 Å². The fraction of sp³-hybridized carbons (Fsp3) is 1.00. The minimum Gasteiger partial charge on any atom is -0.393 e. The second-order valence-electron chi connectivity index (χ2n) is 8.19. The van der Waals surface area contributed by atoms with Crippen molar-refractivity contribution in [1.82, 2.24) is 0 Å². The third kappa shape index (κ3) is 17.7. The van der Waals surface area contributed by atoms with Gasteiger partial charge in [0.05, 0.1) is 11.4 Å². The molecule has 0 saturated carbocycles. The molecule has 0 heterocycles. The second-order valence-corrected chi connectivity index (χ2v) is 9.88. The summed E-state index contributed by atoms with van der Waals surface area (Å²) in [6.45, 7) is 4.35. The number of unbranched alkanes of at least 4 members (excludes halogenated alkanes) is 11. The monoisotopic (exact) mass is 406 g/mol. The highest BCUT2D eigenvalue weighted by Gasteiger charge is 2.21. The van der Waals surface area contributed by atoms with E-state index in [9.17, 15) is 18.1 Å². The van der Waals surface area contributed by atoms with Crippen LogP contribution in [0.15, 0.2) is 0 Å². The molecule has 27 heavy (non-hydrogen) atoms. The van der Waals surface area contributed by atoms with Crippen LogP contribution in [0.2, 0.25) is 0 Å². The lowest BCUT2D eigenvalue weighted by atomic mass is 10.0. The molecule has 2 atom stereocenters. The fourth-order valence-electron chi connectivity index (χ4n) is 3.65. The first kappa shape index (κ1) is 26.9. The summed E-state index contributed by atoms with van der Waals surface area (Å²) in [4.78, 5) is 0. The summed E-state index contributed by atoms with van der Waals surface area (Å²) in [6, 6.07) is 0. The Hall–Kier alpha value is -0.130. The highest BCUT2D eigenvalue weighted by Crippen LogP contribution is 2.19. The molecule has 0 amide bonds. The van der Waals surface area contributed by atoms with E-state index in [2.05, 4.69) is 13.8 Å². The second kappa shape index (κ2) is 17.9. The number of aliphatic hydroxyl groups excluding tert-OH is 1. The first-order valence-corrected chi connectivity index (χ1v) is 13.1. The van der Waals surface area contributed by atoms with Crippen LogP contribution < -0.4 is 0 Å². The molecule has 0 aliphatic heterocycles. The van der Waals surface area contributed by atoms with E-state index in [1.807, 2.05) is 0 Å². The van der Waals surface area contributed by atoms with Crippen molar-refractivity contribution in [3.05, 3.63) is 0 Å². The zero-order valence-corrected chi connectivity index (χ0v) is 18.8. The summed E-state index contributed by atoms with van der Waals surface area (Å²) in [5.41, 5.74) is 0. The molecule has 164 valence electrons. The van der Waals surface area contributed by atoms with Gasteiger partial charge in [0.1, 0.15) is 0 Å². The van der Waals surface area contributed by atoms with Gasteiger partial charge in [0.2, 0.25) is 0 Å². The third-order valence-corrected chi connectivity index (χ3v) is 6.82. The smallest absolute Gasteiger partial charge is 0.267 e. The Labute approximate surface area is 169 Å². The topological polar surface area (TPSA) is 74.6 Å². The Balaban J connectivity index is 3.68. The lowest BCUT2D eigenvalue weighted by Crippen LogP contribution is -2.20.